The minimum atomic E-state index is -4.77. The summed E-state index contributed by atoms with van der Waals surface area (Å²) < 4.78 is 33.3. The second-order valence-corrected chi connectivity index (χ2v) is 4.69. The van der Waals surface area contributed by atoms with E-state index in [-0.39, 0.29) is 10.0 Å². The van der Waals surface area contributed by atoms with E-state index in [9.17, 15) is 18.3 Å². The van der Waals surface area contributed by atoms with Gasteiger partial charge in [-0.2, -0.15) is 0 Å². The van der Waals surface area contributed by atoms with Crippen molar-refractivity contribution in [2.45, 2.75) is 0 Å². The number of benzene rings is 1. The van der Waals surface area contributed by atoms with Crippen LogP contribution in [-0.4, -0.2) is 45.2 Å². The molecular weight excluding hydrogens is 307 g/mol. The average Bonchev–Trinajstić information content (AvgIpc) is 2.09. The van der Waals surface area contributed by atoms with Crippen molar-refractivity contribution in [3.63, 3.8) is 0 Å². The van der Waals surface area contributed by atoms with E-state index in [1.807, 2.05) is 16.0 Å². The molecule has 0 fully saturated rings. The van der Waals surface area contributed by atoms with Crippen molar-refractivity contribution in [2.24, 2.45) is 0 Å². The summed E-state index contributed by atoms with van der Waals surface area (Å²) in [6, 6.07) is 1.88. The molecule has 9 heteroatoms. The molecule has 0 unspecified atom stereocenters. The predicted molar refractivity (Wildman–Crippen MR) is 54.0 cm³/mol. The molecule has 3 N–H and O–H groups in total. The van der Waals surface area contributed by atoms with Gasteiger partial charge < -0.3 is 0 Å². The molecule has 0 aromatic heterocycles. The van der Waals surface area contributed by atoms with Crippen molar-refractivity contribution in [1.29, 1.82) is 0 Å². The molecule has 7 nitrogen and oxygen atoms in total. The number of aromatic hydroxyl groups is 1. The maximum absolute atomic E-state index is 10.6. The van der Waals surface area contributed by atoms with Crippen LogP contribution in [0.4, 0.5) is 0 Å². The number of phenols is 1. The molecule has 0 aliphatic heterocycles. The van der Waals surface area contributed by atoms with E-state index < -0.39 is 27.9 Å². The van der Waals surface area contributed by atoms with Gasteiger partial charge in [-0.15, -0.1) is 0 Å². The van der Waals surface area contributed by atoms with Crippen LogP contribution >= 0.6 is 0 Å². The summed E-state index contributed by atoms with van der Waals surface area (Å²) in [5.41, 5.74) is -0.240. The summed E-state index contributed by atoms with van der Waals surface area (Å²) >= 11 is 1.82. The standard InChI is InChI=1S/C7H6O7SSe/c8-4-1-3(7(9)10)2-5(16)6(4)14-15(11,12)13/h1-2,8,16H,(H,9,10)(H,11,12,13). The van der Waals surface area contributed by atoms with Gasteiger partial charge in [-0.25, -0.2) is 0 Å². The second kappa shape index (κ2) is 4.30. The third-order valence-corrected chi connectivity index (χ3v) is 2.56. The van der Waals surface area contributed by atoms with Gasteiger partial charge in [0.1, 0.15) is 0 Å². The number of hydrogen-bond acceptors (Lipinski definition) is 5. The summed E-state index contributed by atoms with van der Waals surface area (Å²) in [5, 5.41) is 17.9. The molecule has 0 aliphatic rings. The number of carboxylic acid groups (broad SMARTS) is 1. The van der Waals surface area contributed by atoms with Crippen LogP contribution in [0.25, 0.3) is 0 Å². The third kappa shape index (κ3) is 3.11. The van der Waals surface area contributed by atoms with Gasteiger partial charge in [-0.1, -0.05) is 0 Å². The fraction of sp³-hybridized carbons (Fsp3) is 0. The van der Waals surface area contributed by atoms with Crippen molar-refractivity contribution in [3.8, 4) is 11.5 Å². The molecule has 0 heterocycles. The van der Waals surface area contributed by atoms with E-state index in [4.69, 9.17) is 9.66 Å². The zero-order valence-corrected chi connectivity index (χ0v) is 10.2. The molecule has 16 heavy (non-hydrogen) atoms. The van der Waals surface area contributed by atoms with Crippen LogP contribution in [0.2, 0.25) is 0 Å². The topological polar surface area (TPSA) is 121 Å². The first-order valence-electron chi connectivity index (χ1n) is 3.67. The van der Waals surface area contributed by atoms with Crippen LogP contribution in [0.1, 0.15) is 10.4 Å². The van der Waals surface area contributed by atoms with Gasteiger partial charge in [0, 0.05) is 0 Å². The fourth-order valence-electron chi connectivity index (χ4n) is 0.913. The molecule has 88 valence electrons. The fourth-order valence-corrected chi connectivity index (χ4v) is 2.06. The van der Waals surface area contributed by atoms with Crippen molar-refractivity contribution in [3.05, 3.63) is 17.7 Å². The molecule has 1 aromatic carbocycles. The summed E-state index contributed by atoms with van der Waals surface area (Å²) in [7, 11) is -4.77. The summed E-state index contributed by atoms with van der Waals surface area (Å²) in [6.07, 6.45) is 0. The average molecular weight is 313 g/mol. The number of carbonyl (C=O) groups is 1. The summed E-state index contributed by atoms with van der Waals surface area (Å²) in [5.74, 6) is -2.53. The van der Waals surface area contributed by atoms with Crippen LogP contribution in [0, 0.1) is 0 Å². The van der Waals surface area contributed by atoms with Gasteiger partial charge in [0.15, 0.2) is 0 Å². The number of carboxylic acids is 1. The second-order valence-electron chi connectivity index (χ2n) is 2.66. The van der Waals surface area contributed by atoms with E-state index in [1.54, 1.807) is 0 Å². The molecule has 0 aliphatic carbocycles. The molecular formula is C7H6O7SSe. The quantitative estimate of drug-likeness (QED) is 0.473. The predicted octanol–water partition coefficient (Wildman–Crippen LogP) is -1.20. The SMILES string of the molecule is O=C(O)c1cc(O)c(OS(=O)(=O)O)c([SeH])c1. The van der Waals surface area contributed by atoms with Gasteiger partial charge >= 0.3 is 98.2 Å². The maximum atomic E-state index is 10.6. The molecule has 0 bridgehead atoms. The van der Waals surface area contributed by atoms with E-state index in [0.717, 1.165) is 12.1 Å². The Morgan fingerprint density at radius 2 is 1.94 bits per heavy atom. The molecule has 0 atom stereocenters. The Labute approximate surface area is 98.4 Å². The molecule has 1 aromatic rings. The first-order valence-corrected chi connectivity index (χ1v) is 5.97. The Bertz CT molecular complexity index is 513. The van der Waals surface area contributed by atoms with Crippen molar-refractivity contribution >= 4 is 36.8 Å². The van der Waals surface area contributed by atoms with Gasteiger partial charge in [-0.3, -0.25) is 0 Å². The van der Waals surface area contributed by atoms with Crippen molar-refractivity contribution < 1.29 is 32.2 Å². The number of hydrogen-bond donors (Lipinski definition) is 3. The van der Waals surface area contributed by atoms with Gasteiger partial charge in [0.2, 0.25) is 0 Å². The molecule has 0 spiro atoms. The normalized spacial score (nSPS) is 11.1. The van der Waals surface area contributed by atoms with Crippen LogP contribution in [-0.2, 0) is 10.4 Å². The molecule has 1 rings (SSSR count). The van der Waals surface area contributed by atoms with Gasteiger partial charge in [0.25, 0.3) is 0 Å². The first kappa shape index (κ1) is 12.8. The van der Waals surface area contributed by atoms with E-state index in [2.05, 4.69) is 4.18 Å². The molecule has 0 amide bonds. The number of rotatable bonds is 3. The molecule has 0 saturated carbocycles. The third-order valence-electron chi connectivity index (χ3n) is 1.49. The van der Waals surface area contributed by atoms with Crippen LogP contribution in [0.3, 0.4) is 0 Å². The van der Waals surface area contributed by atoms with E-state index in [0.29, 0.717) is 0 Å². The Balaban J connectivity index is 3.28. The van der Waals surface area contributed by atoms with Crippen LogP contribution < -0.4 is 8.64 Å². The van der Waals surface area contributed by atoms with Crippen LogP contribution in [0.15, 0.2) is 12.1 Å². The van der Waals surface area contributed by atoms with Crippen molar-refractivity contribution in [1.82, 2.24) is 0 Å². The van der Waals surface area contributed by atoms with Gasteiger partial charge in [0.05, 0.1) is 0 Å². The molecule has 0 radical (unpaired) electrons. The molecule has 0 saturated heterocycles. The summed E-state index contributed by atoms with van der Waals surface area (Å²) in [4.78, 5) is 10.6. The number of aromatic carboxylic acids is 1. The number of phenolic OH excluding ortho intramolecular Hbond substituents is 1. The van der Waals surface area contributed by atoms with Crippen LogP contribution in [0.5, 0.6) is 11.5 Å². The zero-order chi connectivity index (χ0) is 12.5. The Kier molecular flexibility index (Phi) is 3.44. The van der Waals surface area contributed by atoms with E-state index in [1.165, 1.54) is 0 Å². The van der Waals surface area contributed by atoms with Gasteiger partial charge in [-0.05, 0) is 0 Å². The Morgan fingerprint density at radius 1 is 1.38 bits per heavy atom. The summed E-state index contributed by atoms with van der Waals surface area (Å²) in [6.45, 7) is 0. The Hall–Kier alpha value is -1.28. The zero-order valence-electron chi connectivity index (χ0n) is 7.48. The van der Waals surface area contributed by atoms with E-state index >= 15 is 0 Å². The monoisotopic (exact) mass is 314 g/mol. The Morgan fingerprint density at radius 3 is 2.31 bits per heavy atom. The minimum absolute atomic E-state index is 0.00234. The van der Waals surface area contributed by atoms with Crippen molar-refractivity contribution in [2.75, 3.05) is 0 Å². The first-order chi connectivity index (χ1) is 7.20.